The Kier molecular flexibility index (Phi) is 3.74. The SMILES string of the molecule is CC[C@@H](N)Cc1ccccc1C(F)(F)F. The summed E-state index contributed by atoms with van der Waals surface area (Å²) in [7, 11) is 0. The summed E-state index contributed by atoms with van der Waals surface area (Å²) < 4.78 is 37.7. The Morgan fingerprint density at radius 1 is 1.27 bits per heavy atom. The Balaban J connectivity index is 2.97. The topological polar surface area (TPSA) is 26.0 Å². The quantitative estimate of drug-likeness (QED) is 0.827. The highest BCUT2D eigenvalue weighted by Crippen LogP contribution is 2.32. The fourth-order valence-electron chi connectivity index (χ4n) is 1.40. The number of hydrogen-bond acceptors (Lipinski definition) is 1. The summed E-state index contributed by atoms with van der Waals surface area (Å²) >= 11 is 0. The van der Waals surface area contributed by atoms with Crippen molar-refractivity contribution in [1.29, 1.82) is 0 Å². The lowest BCUT2D eigenvalue weighted by Gasteiger charge is -2.15. The fourth-order valence-corrected chi connectivity index (χ4v) is 1.40. The average Bonchev–Trinajstić information content (AvgIpc) is 2.17. The lowest BCUT2D eigenvalue weighted by molar-refractivity contribution is -0.138. The molecule has 0 aromatic heterocycles. The molecular weight excluding hydrogens is 203 g/mol. The molecule has 0 unspecified atom stereocenters. The van der Waals surface area contributed by atoms with E-state index in [0.29, 0.717) is 6.42 Å². The first-order valence-electron chi connectivity index (χ1n) is 4.85. The van der Waals surface area contributed by atoms with E-state index < -0.39 is 11.7 Å². The summed E-state index contributed by atoms with van der Waals surface area (Å²) in [6.45, 7) is 1.86. The molecule has 0 saturated carbocycles. The lowest BCUT2D eigenvalue weighted by Crippen LogP contribution is -2.23. The van der Waals surface area contributed by atoms with Gasteiger partial charge in [-0.05, 0) is 24.5 Å². The van der Waals surface area contributed by atoms with E-state index in [-0.39, 0.29) is 18.0 Å². The van der Waals surface area contributed by atoms with E-state index in [1.54, 1.807) is 6.07 Å². The van der Waals surface area contributed by atoms with Gasteiger partial charge >= 0.3 is 6.18 Å². The van der Waals surface area contributed by atoms with Crippen molar-refractivity contribution >= 4 is 0 Å². The van der Waals surface area contributed by atoms with Crippen LogP contribution in [-0.2, 0) is 12.6 Å². The number of rotatable bonds is 3. The van der Waals surface area contributed by atoms with Gasteiger partial charge in [0.05, 0.1) is 5.56 Å². The first kappa shape index (κ1) is 12.0. The highest BCUT2D eigenvalue weighted by Gasteiger charge is 2.32. The van der Waals surface area contributed by atoms with Gasteiger partial charge < -0.3 is 5.73 Å². The van der Waals surface area contributed by atoms with E-state index in [9.17, 15) is 13.2 Å². The maximum absolute atomic E-state index is 12.6. The number of alkyl halides is 3. The van der Waals surface area contributed by atoms with Crippen molar-refractivity contribution in [3.8, 4) is 0 Å². The zero-order valence-electron chi connectivity index (χ0n) is 8.51. The number of nitrogens with two attached hydrogens (primary N) is 1. The molecule has 0 heterocycles. The Morgan fingerprint density at radius 2 is 1.87 bits per heavy atom. The van der Waals surface area contributed by atoms with E-state index >= 15 is 0 Å². The number of hydrogen-bond donors (Lipinski definition) is 1. The van der Waals surface area contributed by atoms with Crippen LogP contribution in [0.1, 0.15) is 24.5 Å². The summed E-state index contributed by atoms with van der Waals surface area (Å²) in [6.07, 6.45) is -3.34. The highest BCUT2D eigenvalue weighted by atomic mass is 19.4. The van der Waals surface area contributed by atoms with E-state index in [2.05, 4.69) is 0 Å². The van der Waals surface area contributed by atoms with E-state index in [0.717, 1.165) is 6.07 Å². The molecule has 4 heteroatoms. The summed E-state index contributed by atoms with van der Waals surface area (Å²) in [5.41, 5.74) is 5.35. The predicted octanol–water partition coefficient (Wildman–Crippen LogP) is 2.99. The maximum Gasteiger partial charge on any atom is 0.416 e. The van der Waals surface area contributed by atoms with Crippen LogP contribution in [0.25, 0.3) is 0 Å². The first-order chi connectivity index (χ1) is 6.95. The number of benzene rings is 1. The second kappa shape index (κ2) is 4.66. The third kappa shape index (κ3) is 3.23. The Labute approximate surface area is 87.1 Å². The molecule has 0 saturated heterocycles. The zero-order valence-corrected chi connectivity index (χ0v) is 8.51. The van der Waals surface area contributed by atoms with Gasteiger partial charge in [0.15, 0.2) is 0 Å². The molecule has 1 rings (SSSR count). The smallest absolute Gasteiger partial charge is 0.327 e. The van der Waals surface area contributed by atoms with Crippen LogP contribution in [-0.4, -0.2) is 6.04 Å². The van der Waals surface area contributed by atoms with Crippen molar-refractivity contribution in [2.24, 2.45) is 5.73 Å². The van der Waals surface area contributed by atoms with Crippen LogP contribution in [0.5, 0.6) is 0 Å². The second-order valence-corrected chi connectivity index (χ2v) is 3.53. The van der Waals surface area contributed by atoms with Crippen LogP contribution in [0, 0.1) is 0 Å². The predicted molar refractivity (Wildman–Crippen MR) is 53.4 cm³/mol. The third-order valence-electron chi connectivity index (χ3n) is 2.33. The van der Waals surface area contributed by atoms with Crippen LogP contribution in [0.4, 0.5) is 13.2 Å². The molecule has 1 aromatic rings. The van der Waals surface area contributed by atoms with Crippen LogP contribution in [0.2, 0.25) is 0 Å². The minimum atomic E-state index is -4.29. The molecule has 2 N–H and O–H groups in total. The van der Waals surface area contributed by atoms with Crippen molar-refractivity contribution in [2.75, 3.05) is 0 Å². The molecule has 0 bridgehead atoms. The molecule has 1 aromatic carbocycles. The Morgan fingerprint density at radius 3 is 2.40 bits per heavy atom. The summed E-state index contributed by atoms with van der Waals surface area (Å²) in [4.78, 5) is 0. The Bertz CT molecular complexity index is 320. The van der Waals surface area contributed by atoms with Crippen molar-refractivity contribution in [3.63, 3.8) is 0 Å². The third-order valence-corrected chi connectivity index (χ3v) is 2.33. The van der Waals surface area contributed by atoms with Crippen LogP contribution in [0.15, 0.2) is 24.3 Å². The molecule has 0 radical (unpaired) electrons. The van der Waals surface area contributed by atoms with Gasteiger partial charge in [-0.15, -0.1) is 0 Å². The van der Waals surface area contributed by atoms with Crippen LogP contribution in [0.3, 0.4) is 0 Å². The molecule has 1 atom stereocenters. The molecule has 0 aliphatic rings. The van der Waals surface area contributed by atoms with E-state index in [1.165, 1.54) is 12.1 Å². The van der Waals surface area contributed by atoms with Crippen molar-refractivity contribution < 1.29 is 13.2 Å². The van der Waals surface area contributed by atoms with Crippen LogP contribution >= 0.6 is 0 Å². The normalized spacial score (nSPS) is 13.9. The molecule has 0 fully saturated rings. The highest BCUT2D eigenvalue weighted by molar-refractivity contribution is 5.30. The molecule has 0 aliphatic heterocycles. The molecular formula is C11H14F3N. The van der Waals surface area contributed by atoms with Gasteiger partial charge in [-0.3, -0.25) is 0 Å². The standard InChI is InChI=1S/C11H14F3N/c1-2-9(15)7-8-5-3-4-6-10(8)11(12,13)14/h3-6,9H,2,7,15H2,1H3/t9-/m1/s1. The molecule has 1 nitrogen and oxygen atoms in total. The van der Waals surface area contributed by atoms with Gasteiger partial charge in [0.1, 0.15) is 0 Å². The fraction of sp³-hybridized carbons (Fsp3) is 0.455. The van der Waals surface area contributed by atoms with Crippen molar-refractivity contribution in [3.05, 3.63) is 35.4 Å². The maximum atomic E-state index is 12.6. The van der Waals surface area contributed by atoms with Gasteiger partial charge in [0.25, 0.3) is 0 Å². The summed E-state index contributed by atoms with van der Waals surface area (Å²) in [5, 5.41) is 0. The molecule has 15 heavy (non-hydrogen) atoms. The van der Waals surface area contributed by atoms with Gasteiger partial charge in [0, 0.05) is 6.04 Å². The first-order valence-corrected chi connectivity index (χ1v) is 4.85. The summed E-state index contributed by atoms with van der Waals surface area (Å²) in [6, 6.07) is 5.36. The summed E-state index contributed by atoms with van der Waals surface area (Å²) in [5.74, 6) is 0. The lowest BCUT2D eigenvalue weighted by atomic mass is 9.99. The minimum Gasteiger partial charge on any atom is -0.327 e. The van der Waals surface area contributed by atoms with Gasteiger partial charge in [0.2, 0.25) is 0 Å². The largest absolute Gasteiger partial charge is 0.416 e. The van der Waals surface area contributed by atoms with Gasteiger partial charge in [-0.25, -0.2) is 0 Å². The number of halogens is 3. The monoisotopic (exact) mass is 217 g/mol. The van der Waals surface area contributed by atoms with E-state index in [4.69, 9.17) is 5.73 Å². The van der Waals surface area contributed by atoms with Crippen molar-refractivity contribution in [2.45, 2.75) is 32.0 Å². The van der Waals surface area contributed by atoms with Crippen LogP contribution < -0.4 is 5.73 Å². The van der Waals surface area contributed by atoms with Gasteiger partial charge in [-0.1, -0.05) is 25.1 Å². The second-order valence-electron chi connectivity index (χ2n) is 3.53. The Hall–Kier alpha value is -1.03. The molecule has 0 amide bonds. The van der Waals surface area contributed by atoms with Crippen molar-refractivity contribution in [1.82, 2.24) is 0 Å². The zero-order chi connectivity index (χ0) is 11.5. The van der Waals surface area contributed by atoms with E-state index in [1.807, 2.05) is 6.92 Å². The molecule has 84 valence electrons. The molecule has 0 spiro atoms. The molecule has 0 aliphatic carbocycles. The van der Waals surface area contributed by atoms with Gasteiger partial charge in [-0.2, -0.15) is 13.2 Å². The average molecular weight is 217 g/mol. The minimum absolute atomic E-state index is 0.214.